The molecule has 3 rings (SSSR count). The van der Waals surface area contributed by atoms with E-state index in [4.69, 9.17) is 9.26 Å². The molecule has 0 unspecified atom stereocenters. The number of nitro benzene ring substituents is 1. The predicted octanol–water partition coefficient (Wildman–Crippen LogP) is 3.66. The maximum Gasteiger partial charge on any atom is 0.270 e. The van der Waals surface area contributed by atoms with Gasteiger partial charge in [-0.1, -0.05) is 35.5 Å². The van der Waals surface area contributed by atoms with Gasteiger partial charge in [-0.25, -0.2) is 0 Å². The maximum absolute atomic E-state index is 10.8. The first kappa shape index (κ1) is 15.7. The molecule has 0 aliphatic carbocycles. The smallest absolute Gasteiger partial charge is 0.270 e. The van der Waals surface area contributed by atoms with E-state index in [1.807, 2.05) is 30.3 Å². The highest BCUT2D eigenvalue weighted by atomic mass is 16.6. The molecule has 0 saturated carbocycles. The van der Waals surface area contributed by atoms with Crippen LogP contribution in [0.1, 0.15) is 12.3 Å². The fourth-order valence-electron chi connectivity index (χ4n) is 2.16. The standard InChI is InChI=1S/C17H15N3O4/c21-20(22)14-7-4-6-13(12-14)17-18-16(24-19-17)10-5-11-23-15-8-2-1-3-9-15/h1-4,6-9,12H,5,10-11H2. The quantitative estimate of drug-likeness (QED) is 0.374. The molecule has 0 spiro atoms. The Balaban J connectivity index is 1.56. The van der Waals surface area contributed by atoms with E-state index >= 15 is 0 Å². The summed E-state index contributed by atoms with van der Waals surface area (Å²) in [4.78, 5) is 14.6. The number of para-hydroxylation sites is 1. The van der Waals surface area contributed by atoms with Gasteiger partial charge in [-0.15, -0.1) is 0 Å². The van der Waals surface area contributed by atoms with Crippen LogP contribution in [-0.2, 0) is 6.42 Å². The van der Waals surface area contributed by atoms with Crippen molar-refractivity contribution >= 4 is 5.69 Å². The van der Waals surface area contributed by atoms with Gasteiger partial charge in [0.05, 0.1) is 11.5 Å². The van der Waals surface area contributed by atoms with Gasteiger partial charge in [0, 0.05) is 24.1 Å². The first-order valence-corrected chi connectivity index (χ1v) is 7.47. The lowest BCUT2D eigenvalue weighted by Gasteiger charge is -2.03. The van der Waals surface area contributed by atoms with Crippen LogP contribution in [0.15, 0.2) is 59.1 Å². The summed E-state index contributed by atoms with van der Waals surface area (Å²) in [6.07, 6.45) is 1.31. The van der Waals surface area contributed by atoms with Gasteiger partial charge in [0.2, 0.25) is 11.7 Å². The second kappa shape index (κ2) is 7.36. The lowest BCUT2D eigenvalue weighted by molar-refractivity contribution is -0.384. The average molecular weight is 325 g/mol. The van der Waals surface area contributed by atoms with E-state index in [1.165, 1.54) is 12.1 Å². The molecule has 7 nitrogen and oxygen atoms in total. The summed E-state index contributed by atoms with van der Waals surface area (Å²) >= 11 is 0. The van der Waals surface area contributed by atoms with Gasteiger partial charge in [0.25, 0.3) is 5.69 Å². The van der Waals surface area contributed by atoms with Gasteiger partial charge in [-0.2, -0.15) is 4.98 Å². The molecule has 1 heterocycles. The minimum absolute atomic E-state index is 0.00453. The third-order valence-corrected chi connectivity index (χ3v) is 3.33. The minimum Gasteiger partial charge on any atom is -0.494 e. The molecule has 24 heavy (non-hydrogen) atoms. The van der Waals surface area contributed by atoms with Crippen LogP contribution < -0.4 is 4.74 Å². The zero-order chi connectivity index (χ0) is 16.8. The number of benzene rings is 2. The second-order valence-electron chi connectivity index (χ2n) is 5.08. The summed E-state index contributed by atoms with van der Waals surface area (Å²) in [6.45, 7) is 0.540. The van der Waals surface area contributed by atoms with E-state index in [1.54, 1.807) is 12.1 Å². The van der Waals surface area contributed by atoms with Crippen molar-refractivity contribution < 1.29 is 14.2 Å². The molecule has 7 heteroatoms. The summed E-state index contributed by atoms with van der Waals surface area (Å²) in [5.74, 6) is 1.64. The van der Waals surface area contributed by atoms with Gasteiger partial charge in [-0.05, 0) is 18.6 Å². The first-order valence-electron chi connectivity index (χ1n) is 7.47. The van der Waals surface area contributed by atoms with Gasteiger partial charge >= 0.3 is 0 Å². The Kier molecular flexibility index (Phi) is 4.81. The van der Waals surface area contributed by atoms with Gasteiger partial charge in [0.15, 0.2) is 0 Å². The summed E-state index contributed by atoms with van der Waals surface area (Å²) in [7, 11) is 0. The number of aromatic nitrogens is 2. The molecule has 0 radical (unpaired) electrons. The van der Waals surface area contributed by atoms with Crippen LogP contribution in [-0.4, -0.2) is 21.7 Å². The molecular weight excluding hydrogens is 310 g/mol. The van der Waals surface area contributed by atoms with Crippen molar-refractivity contribution in [3.05, 3.63) is 70.6 Å². The van der Waals surface area contributed by atoms with Gasteiger partial charge < -0.3 is 9.26 Å². The Morgan fingerprint density at radius 3 is 2.75 bits per heavy atom. The molecular formula is C17H15N3O4. The second-order valence-corrected chi connectivity index (χ2v) is 5.08. The van der Waals surface area contributed by atoms with Crippen LogP contribution in [0.25, 0.3) is 11.4 Å². The van der Waals surface area contributed by atoms with E-state index < -0.39 is 4.92 Å². The molecule has 0 atom stereocenters. The average Bonchev–Trinajstić information content (AvgIpc) is 3.09. The highest BCUT2D eigenvalue weighted by molar-refractivity contribution is 5.58. The normalized spacial score (nSPS) is 10.5. The number of hydrogen-bond donors (Lipinski definition) is 0. The zero-order valence-electron chi connectivity index (χ0n) is 12.8. The van der Waals surface area contributed by atoms with Crippen molar-refractivity contribution in [3.8, 4) is 17.1 Å². The number of nitrogens with zero attached hydrogens (tertiary/aromatic N) is 3. The third kappa shape index (κ3) is 3.95. The topological polar surface area (TPSA) is 91.3 Å². The number of hydrogen-bond acceptors (Lipinski definition) is 6. The van der Waals surface area contributed by atoms with Crippen LogP contribution in [0.3, 0.4) is 0 Å². The van der Waals surface area contributed by atoms with Gasteiger partial charge in [-0.3, -0.25) is 10.1 Å². The van der Waals surface area contributed by atoms with Crippen LogP contribution in [0.4, 0.5) is 5.69 Å². The highest BCUT2D eigenvalue weighted by Gasteiger charge is 2.12. The van der Waals surface area contributed by atoms with Crippen LogP contribution >= 0.6 is 0 Å². The maximum atomic E-state index is 10.8. The molecule has 0 N–H and O–H groups in total. The predicted molar refractivity (Wildman–Crippen MR) is 86.6 cm³/mol. The Hall–Kier alpha value is -3.22. The summed E-state index contributed by atoms with van der Waals surface area (Å²) in [5, 5.41) is 14.7. The fraction of sp³-hybridized carbons (Fsp3) is 0.176. The number of rotatable bonds is 7. The zero-order valence-corrected chi connectivity index (χ0v) is 12.8. The summed E-state index contributed by atoms with van der Waals surface area (Å²) in [5.41, 5.74) is 0.551. The van der Waals surface area contributed by atoms with E-state index in [9.17, 15) is 10.1 Å². The molecule has 2 aromatic carbocycles. The summed E-state index contributed by atoms with van der Waals surface area (Å²) in [6, 6.07) is 15.7. The summed E-state index contributed by atoms with van der Waals surface area (Å²) < 4.78 is 10.8. The number of nitro groups is 1. The van der Waals surface area contributed by atoms with Crippen molar-refractivity contribution in [2.75, 3.05) is 6.61 Å². The fourth-order valence-corrected chi connectivity index (χ4v) is 2.16. The molecule has 122 valence electrons. The van der Waals surface area contributed by atoms with Gasteiger partial charge in [0.1, 0.15) is 5.75 Å². The highest BCUT2D eigenvalue weighted by Crippen LogP contribution is 2.21. The molecule has 1 aromatic heterocycles. The Labute approximate surface area is 138 Å². The molecule has 0 saturated heterocycles. The van der Waals surface area contributed by atoms with Crippen molar-refractivity contribution in [1.29, 1.82) is 0 Å². The molecule has 0 bridgehead atoms. The van der Waals surface area contributed by atoms with Crippen LogP contribution in [0, 0.1) is 10.1 Å². The number of non-ortho nitro benzene ring substituents is 1. The largest absolute Gasteiger partial charge is 0.494 e. The molecule has 3 aromatic rings. The Morgan fingerprint density at radius 2 is 1.96 bits per heavy atom. The van der Waals surface area contributed by atoms with Crippen molar-refractivity contribution in [3.63, 3.8) is 0 Å². The minimum atomic E-state index is -0.453. The lowest BCUT2D eigenvalue weighted by atomic mass is 10.2. The molecule has 0 amide bonds. The van der Waals surface area contributed by atoms with E-state index in [0.29, 0.717) is 30.3 Å². The van der Waals surface area contributed by atoms with Crippen molar-refractivity contribution in [2.45, 2.75) is 12.8 Å². The molecule has 0 aliphatic rings. The van der Waals surface area contributed by atoms with Crippen LogP contribution in [0.5, 0.6) is 5.75 Å². The van der Waals surface area contributed by atoms with E-state index in [2.05, 4.69) is 10.1 Å². The third-order valence-electron chi connectivity index (χ3n) is 3.33. The Morgan fingerprint density at radius 1 is 1.12 bits per heavy atom. The van der Waals surface area contributed by atoms with E-state index in [-0.39, 0.29) is 5.69 Å². The number of aryl methyl sites for hydroxylation is 1. The van der Waals surface area contributed by atoms with E-state index in [0.717, 1.165) is 12.2 Å². The monoisotopic (exact) mass is 325 g/mol. The molecule has 0 fully saturated rings. The first-order chi connectivity index (χ1) is 11.7. The van der Waals surface area contributed by atoms with Crippen LogP contribution in [0.2, 0.25) is 0 Å². The SMILES string of the molecule is O=[N+]([O-])c1cccc(-c2noc(CCCOc3ccccc3)n2)c1. The Bertz CT molecular complexity index is 817. The van der Waals surface area contributed by atoms with Crippen molar-refractivity contribution in [1.82, 2.24) is 10.1 Å². The number of ether oxygens (including phenoxy) is 1. The van der Waals surface area contributed by atoms with Crippen molar-refractivity contribution in [2.24, 2.45) is 0 Å². The molecule has 0 aliphatic heterocycles. The lowest BCUT2D eigenvalue weighted by Crippen LogP contribution is -1.99.